The summed E-state index contributed by atoms with van der Waals surface area (Å²) in [6.45, 7) is 3.62. The number of hydrogen-bond acceptors (Lipinski definition) is 4. The van der Waals surface area contributed by atoms with E-state index in [4.69, 9.17) is 9.47 Å². The van der Waals surface area contributed by atoms with Crippen LogP contribution in [0.3, 0.4) is 0 Å². The topological polar surface area (TPSA) is 50.8 Å². The highest BCUT2D eigenvalue weighted by molar-refractivity contribution is 5.98. The second kappa shape index (κ2) is 9.07. The van der Waals surface area contributed by atoms with Crippen LogP contribution in [0.1, 0.15) is 22.0 Å². The Balaban J connectivity index is 1.52. The molecule has 1 aliphatic heterocycles. The van der Waals surface area contributed by atoms with Gasteiger partial charge >= 0.3 is 0 Å². The predicted molar refractivity (Wildman–Crippen MR) is 114 cm³/mol. The van der Waals surface area contributed by atoms with Crippen LogP contribution in [0.15, 0.2) is 66.7 Å². The van der Waals surface area contributed by atoms with Gasteiger partial charge in [-0.05, 0) is 40.6 Å². The van der Waals surface area contributed by atoms with Gasteiger partial charge < -0.3 is 14.8 Å². The van der Waals surface area contributed by atoms with E-state index < -0.39 is 0 Å². The van der Waals surface area contributed by atoms with E-state index in [0.29, 0.717) is 25.3 Å². The van der Waals surface area contributed by atoms with Crippen LogP contribution in [0.4, 0.5) is 0 Å². The van der Waals surface area contributed by atoms with Crippen LogP contribution in [0.5, 0.6) is 5.75 Å². The van der Waals surface area contributed by atoms with E-state index in [1.165, 1.54) is 0 Å². The van der Waals surface area contributed by atoms with Gasteiger partial charge in [-0.25, -0.2) is 0 Å². The van der Waals surface area contributed by atoms with Gasteiger partial charge in [0.1, 0.15) is 5.75 Å². The lowest BCUT2D eigenvalue weighted by molar-refractivity contribution is 0.0162. The molecular formula is C24H26N2O3. The van der Waals surface area contributed by atoms with Gasteiger partial charge in [-0.2, -0.15) is 0 Å². The van der Waals surface area contributed by atoms with Crippen molar-refractivity contribution in [1.29, 1.82) is 0 Å². The molecule has 4 rings (SSSR count). The third-order valence-electron chi connectivity index (χ3n) is 5.43. The zero-order valence-corrected chi connectivity index (χ0v) is 16.6. The molecule has 0 saturated carbocycles. The number of nitrogens with zero attached hydrogens (tertiary/aromatic N) is 1. The average molecular weight is 390 g/mol. The Labute approximate surface area is 171 Å². The normalized spacial score (nSPS) is 15.8. The van der Waals surface area contributed by atoms with Crippen LogP contribution in [0.2, 0.25) is 0 Å². The summed E-state index contributed by atoms with van der Waals surface area (Å²) in [5.74, 6) is 0.763. The maximum Gasteiger partial charge on any atom is 0.251 e. The molecule has 0 spiro atoms. The molecule has 29 heavy (non-hydrogen) atoms. The monoisotopic (exact) mass is 390 g/mol. The fraction of sp³-hybridized carbons (Fsp3) is 0.292. The summed E-state index contributed by atoms with van der Waals surface area (Å²) in [4.78, 5) is 15.2. The second-order valence-corrected chi connectivity index (χ2v) is 7.21. The van der Waals surface area contributed by atoms with Crippen LogP contribution >= 0.6 is 0 Å². The zero-order valence-electron chi connectivity index (χ0n) is 16.6. The molecule has 0 aromatic heterocycles. The van der Waals surface area contributed by atoms with Crippen LogP contribution in [-0.2, 0) is 4.74 Å². The van der Waals surface area contributed by atoms with Crippen molar-refractivity contribution in [2.24, 2.45) is 0 Å². The molecule has 0 radical (unpaired) electrons. The van der Waals surface area contributed by atoms with Crippen molar-refractivity contribution < 1.29 is 14.3 Å². The highest BCUT2D eigenvalue weighted by atomic mass is 16.5. The van der Waals surface area contributed by atoms with Gasteiger partial charge in [0.2, 0.25) is 0 Å². The van der Waals surface area contributed by atoms with Gasteiger partial charge in [-0.1, -0.05) is 42.5 Å². The summed E-state index contributed by atoms with van der Waals surface area (Å²) in [5, 5.41) is 5.33. The lowest BCUT2D eigenvalue weighted by Gasteiger charge is -2.35. The molecule has 1 heterocycles. The minimum absolute atomic E-state index is 0.0584. The molecule has 1 atom stereocenters. The maximum atomic E-state index is 12.9. The van der Waals surface area contributed by atoms with Gasteiger partial charge in [-0.3, -0.25) is 9.69 Å². The van der Waals surface area contributed by atoms with Crippen molar-refractivity contribution in [2.45, 2.75) is 6.04 Å². The highest BCUT2D eigenvalue weighted by Crippen LogP contribution is 2.25. The number of hydrogen-bond donors (Lipinski definition) is 1. The summed E-state index contributed by atoms with van der Waals surface area (Å²) >= 11 is 0. The van der Waals surface area contributed by atoms with Crippen molar-refractivity contribution in [3.63, 3.8) is 0 Å². The first-order chi connectivity index (χ1) is 14.2. The molecule has 150 valence electrons. The third kappa shape index (κ3) is 4.58. The first-order valence-electron chi connectivity index (χ1n) is 9.97. The molecule has 1 N–H and O–H groups in total. The van der Waals surface area contributed by atoms with Crippen molar-refractivity contribution in [3.05, 3.63) is 77.9 Å². The fourth-order valence-corrected chi connectivity index (χ4v) is 3.82. The molecule has 0 bridgehead atoms. The number of carbonyl (C=O) groups is 1. The maximum absolute atomic E-state index is 12.9. The van der Waals surface area contributed by atoms with Crippen LogP contribution in [0, 0.1) is 0 Å². The SMILES string of the molecule is COc1cccc([C@H](CNC(=O)c2ccc3ccccc3c2)N2CCOCC2)c1. The van der Waals surface area contributed by atoms with Crippen LogP contribution < -0.4 is 10.1 Å². The first kappa shape index (κ1) is 19.4. The largest absolute Gasteiger partial charge is 0.497 e. The molecule has 0 aliphatic carbocycles. The lowest BCUT2D eigenvalue weighted by Crippen LogP contribution is -2.43. The van der Waals surface area contributed by atoms with Gasteiger partial charge in [0.25, 0.3) is 5.91 Å². The molecule has 5 heteroatoms. The van der Waals surface area contributed by atoms with E-state index in [9.17, 15) is 4.79 Å². The molecule has 0 unspecified atom stereocenters. The summed E-state index contributed by atoms with van der Waals surface area (Å²) in [5.41, 5.74) is 1.81. The third-order valence-corrected chi connectivity index (χ3v) is 5.43. The molecule has 3 aromatic carbocycles. The van der Waals surface area contributed by atoms with Crippen molar-refractivity contribution in [3.8, 4) is 5.75 Å². The summed E-state index contributed by atoms with van der Waals surface area (Å²) in [7, 11) is 1.67. The molecular weight excluding hydrogens is 364 g/mol. The van der Waals surface area contributed by atoms with Crippen LogP contribution in [0.25, 0.3) is 10.8 Å². The Morgan fingerprint density at radius 2 is 1.83 bits per heavy atom. The number of morpholine rings is 1. The second-order valence-electron chi connectivity index (χ2n) is 7.21. The molecule has 1 saturated heterocycles. The number of ether oxygens (including phenoxy) is 2. The minimum atomic E-state index is -0.0584. The Morgan fingerprint density at radius 3 is 2.62 bits per heavy atom. The van der Waals surface area contributed by atoms with Crippen molar-refractivity contribution in [2.75, 3.05) is 40.0 Å². The minimum Gasteiger partial charge on any atom is -0.497 e. The van der Waals surface area contributed by atoms with E-state index >= 15 is 0 Å². The number of nitrogens with one attached hydrogen (secondary N) is 1. The van der Waals surface area contributed by atoms with Crippen molar-refractivity contribution in [1.82, 2.24) is 10.2 Å². The van der Waals surface area contributed by atoms with E-state index in [1.54, 1.807) is 7.11 Å². The number of fused-ring (bicyclic) bond motifs is 1. The van der Waals surface area contributed by atoms with E-state index in [1.807, 2.05) is 60.7 Å². The quantitative estimate of drug-likeness (QED) is 0.698. The number of benzene rings is 3. The smallest absolute Gasteiger partial charge is 0.251 e. The Morgan fingerprint density at radius 1 is 1.03 bits per heavy atom. The molecule has 1 amide bonds. The number of amides is 1. The Bertz CT molecular complexity index is 983. The standard InChI is InChI=1S/C24H26N2O3/c1-28-22-8-4-7-20(16-22)23(26-11-13-29-14-12-26)17-25-24(27)21-10-9-18-5-2-3-6-19(18)15-21/h2-10,15-16,23H,11-14,17H2,1H3,(H,25,27)/t23-/m0/s1. The predicted octanol–water partition coefficient (Wildman–Crippen LogP) is 3.65. The number of methoxy groups -OCH3 is 1. The van der Waals surface area contributed by atoms with Crippen LogP contribution in [-0.4, -0.2) is 50.8 Å². The molecule has 1 aliphatic rings. The molecule has 1 fully saturated rings. The number of rotatable bonds is 6. The highest BCUT2D eigenvalue weighted by Gasteiger charge is 2.24. The van der Waals surface area contributed by atoms with Crippen molar-refractivity contribution >= 4 is 16.7 Å². The molecule has 3 aromatic rings. The van der Waals surface area contributed by atoms with E-state index in [-0.39, 0.29) is 11.9 Å². The van der Waals surface area contributed by atoms with Gasteiger partial charge in [0.05, 0.1) is 26.4 Å². The number of carbonyl (C=O) groups excluding carboxylic acids is 1. The Kier molecular flexibility index (Phi) is 6.08. The van der Waals surface area contributed by atoms with Gasteiger partial charge in [0, 0.05) is 25.2 Å². The Hall–Kier alpha value is -2.89. The zero-order chi connectivity index (χ0) is 20.1. The first-order valence-corrected chi connectivity index (χ1v) is 9.97. The summed E-state index contributed by atoms with van der Waals surface area (Å²) < 4.78 is 10.9. The fourth-order valence-electron chi connectivity index (χ4n) is 3.82. The van der Waals surface area contributed by atoms with Gasteiger partial charge in [0.15, 0.2) is 0 Å². The van der Waals surface area contributed by atoms with E-state index in [2.05, 4.69) is 16.3 Å². The molecule has 5 nitrogen and oxygen atoms in total. The summed E-state index contributed by atoms with van der Waals surface area (Å²) in [6.07, 6.45) is 0. The average Bonchev–Trinajstić information content (AvgIpc) is 2.79. The summed E-state index contributed by atoms with van der Waals surface area (Å²) in [6, 6.07) is 22.0. The van der Waals surface area contributed by atoms with E-state index in [0.717, 1.165) is 35.2 Å². The lowest BCUT2D eigenvalue weighted by atomic mass is 10.0. The van der Waals surface area contributed by atoms with Gasteiger partial charge in [-0.15, -0.1) is 0 Å².